The molecule has 1 aromatic heterocycles. The maximum absolute atomic E-state index is 12.3. The molecular weight excluding hydrogens is 320 g/mol. The van der Waals surface area contributed by atoms with Gasteiger partial charge in [0.15, 0.2) is 12.4 Å². The Balaban J connectivity index is 1.75. The molecule has 2 aromatic carbocycles. The fourth-order valence-electron chi connectivity index (χ4n) is 2.99. The van der Waals surface area contributed by atoms with E-state index in [1.165, 1.54) is 0 Å². The van der Waals surface area contributed by atoms with Crippen LogP contribution in [-0.4, -0.2) is 28.3 Å². The van der Waals surface area contributed by atoms with E-state index in [1.54, 1.807) is 18.2 Å². The minimum atomic E-state index is -0.514. The van der Waals surface area contributed by atoms with Crippen LogP contribution in [0.5, 0.6) is 0 Å². The lowest BCUT2D eigenvalue weighted by Crippen LogP contribution is -2.16. The molecule has 25 heavy (non-hydrogen) atoms. The summed E-state index contributed by atoms with van der Waals surface area (Å²) in [6.07, 6.45) is 0. The van der Waals surface area contributed by atoms with Gasteiger partial charge in [0, 0.05) is 5.56 Å². The zero-order valence-corrected chi connectivity index (χ0v) is 14.2. The van der Waals surface area contributed by atoms with Gasteiger partial charge in [-0.2, -0.15) is 0 Å². The van der Waals surface area contributed by atoms with E-state index in [2.05, 4.69) is 9.97 Å². The summed E-state index contributed by atoms with van der Waals surface area (Å²) < 4.78 is 5.19. The fraction of sp³-hybridized carbons (Fsp3) is 0.211. The molecule has 0 fully saturated rings. The van der Waals surface area contributed by atoms with Gasteiger partial charge in [-0.3, -0.25) is 4.79 Å². The maximum Gasteiger partial charge on any atom is 0.339 e. The van der Waals surface area contributed by atoms with Crippen LogP contribution in [0.25, 0.3) is 11.0 Å². The van der Waals surface area contributed by atoms with Gasteiger partial charge in [-0.1, -0.05) is 17.7 Å². The van der Waals surface area contributed by atoms with Crippen molar-refractivity contribution in [2.75, 3.05) is 6.61 Å². The first-order chi connectivity index (χ1) is 11.8. The monoisotopic (exact) mass is 338 g/mol. The molecule has 0 atom stereocenters. The average molecular weight is 338 g/mol. The number of Topliss-reactive ketones (excluding diaryl/α,β-unsaturated/α-hetero) is 1. The first-order valence-corrected chi connectivity index (χ1v) is 7.85. The number of aryl methyl sites for hydroxylation is 3. The van der Waals surface area contributed by atoms with E-state index in [-0.39, 0.29) is 18.1 Å². The first-order valence-electron chi connectivity index (χ1n) is 7.85. The highest BCUT2D eigenvalue weighted by atomic mass is 16.5. The van der Waals surface area contributed by atoms with Crippen LogP contribution in [0.4, 0.5) is 0 Å². The van der Waals surface area contributed by atoms with E-state index < -0.39 is 5.97 Å². The predicted molar refractivity (Wildman–Crippen MR) is 94.2 cm³/mol. The van der Waals surface area contributed by atoms with Crippen LogP contribution in [0.15, 0.2) is 35.1 Å². The molecule has 0 bridgehead atoms. The Morgan fingerprint density at radius 3 is 2.28 bits per heavy atom. The van der Waals surface area contributed by atoms with Gasteiger partial charge in [0.2, 0.25) is 0 Å². The predicted octanol–water partition coefficient (Wildman–Crippen LogP) is 2.82. The van der Waals surface area contributed by atoms with Crippen molar-refractivity contribution in [3.8, 4) is 0 Å². The number of hydrogen-bond donors (Lipinski definition) is 2. The maximum atomic E-state index is 12.3. The highest BCUT2D eigenvalue weighted by Crippen LogP contribution is 2.18. The van der Waals surface area contributed by atoms with E-state index in [0.29, 0.717) is 22.2 Å². The summed E-state index contributed by atoms with van der Waals surface area (Å²) in [4.78, 5) is 41.1. The van der Waals surface area contributed by atoms with Crippen LogP contribution >= 0.6 is 0 Å². The third kappa shape index (κ3) is 3.38. The molecule has 0 amide bonds. The minimum Gasteiger partial charge on any atom is -0.454 e. The summed E-state index contributed by atoms with van der Waals surface area (Å²) in [7, 11) is 0. The number of aromatic nitrogens is 2. The van der Waals surface area contributed by atoms with Gasteiger partial charge in [-0.05, 0) is 50.1 Å². The number of nitrogens with one attached hydrogen (secondary N) is 2. The van der Waals surface area contributed by atoms with Crippen molar-refractivity contribution in [3.05, 3.63) is 68.6 Å². The molecule has 0 saturated carbocycles. The van der Waals surface area contributed by atoms with Crippen molar-refractivity contribution in [2.24, 2.45) is 0 Å². The van der Waals surface area contributed by atoms with Crippen LogP contribution in [-0.2, 0) is 4.74 Å². The number of hydrogen-bond acceptors (Lipinski definition) is 4. The van der Waals surface area contributed by atoms with Crippen molar-refractivity contribution in [1.29, 1.82) is 0 Å². The normalized spacial score (nSPS) is 10.8. The molecule has 2 N–H and O–H groups in total. The van der Waals surface area contributed by atoms with Crippen LogP contribution < -0.4 is 5.69 Å². The van der Waals surface area contributed by atoms with Crippen molar-refractivity contribution in [2.45, 2.75) is 20.8 Å². The Morgan fingerprint density at radius 2 is 1.60 bits per heavy atom. The topological polar surface area (TPSA) is 92.0 Å². The Labute approximate surface area is 143 Å². The molecule has 6 nitrogen and oxygen atoms in total. The lowest BCUT2D eigenvalue weighted by Gasteiger charge is -2.10. The summed E-state index contributed by atoms with van der Waals surface area (Å²) in [6.45, 7) is 5.29. The third-order valence-corrected chi connectivity index (χ3v) is 4.05. The van der Waals surface area contributed by atoms with Gasteiger partial charge in [-0.15, -0.1) is 0 Å². The first kappa shape index (κ1) is 16.7. The molecule has 0 aliphatic heterocycles. The van der Waals surface area contributed by atoms with Gasteiger partial charge in [-0.25, -0.2) is 9.59 Å². The zero-order valence-electron chi connectivity index (χ0n) is 14.2. The van der Waals surface area contributed by atoms with Crippen molar-refractivity contribution < 1.29 is 14.3 Å². The van der Waals surface area contributed by atoms with E-state index >= 15 is 0 Å². The van der Waals surface area contributed by atoms with Gasteiger partial charge < -0.3 is 14.7 Å². The molecule has 1 heterocycles. The van der Waals surface area contributed by atoms with Crippen LogP contribution in [0.2, 0.25) is 0 Å². The number of benzene rings is 2. The number of carbonyl (C=O) groups excluding carboxylic acids is 2. The summed E-state index contributed by atoms with van der Waals surface area (Å²) in [5, 5.41) is 0. The minimum absolute atomic E-state index is 0.334. The lowest BCUT2D eigenvalue weighted by molar-refractivity contribution is 0.0473. The largest absolute Gasteiger partial charge is 0.454 e. The van der Waals surface area contributed by atoms with E-state index in [1.807, 2.05) is 32.9 Å². The van der Waals surface area contributed by atoms with Gasteiger partial charge in [0.1, 0.15) is 0 Å². The Hall–Kier alpha value is -3.15. The summed E-state index contributed by atoms with van der Waals surface area (Å²) >= 11 is 0. The number of imidazole rings is 1. The third-order valence-electron chi connectivity index (χ3n) is 4.05. The molecule has 6 heteroatoms. The number of fused-ring (bicyclic) bond motifs is 1. The van der Waals surface area contributed by atoms with Gasteiger partial charge in [0.05, 0.1) is 16.6 Å². The SMILES string of the molecule is Cc1cc(C)c(C(=O)OCC(=O)c2ccc3[nH]c(=O)[nH]c3c2)c(C)c1. The van der Waals surface area contributed by atoms with E-state index in [0.717, 1.165) is 16.7 Å². The van der Waals surface area contributed by atoms with E-state index in [4.69, 9.17) is 4.74 Å². The van der Waals surface area contributed by atoms with Crippen LogP contribution in [0.3, 0.4) is 0 Å². The molecule has 0 unspecified atom stereocenters. The van der Waals surface area contributed by atoms with Crippen LogP contribution in [0.1, 0.15) is 37.4 Å². The average Bonchev–Trinajstić information content (AvgIpc) is 2.90. The number of ketones is 1. The number of H-pyrrole nitrogens is 2. The van der Waals surface area contributed by atoms with Gasteiger partial charge >= 0.3 is 11.7 Å². The molecule has 0 radical (unpaired) electrons. The summed E-state index contributed by atoms with van der Waals surface area (Å²) in [5.74, 6) is -0.848. The smallest absolute Gasteiger partial charge is 0.339 e. The highest BCUT2D eigenvalue weighted by Gasteiger charge is 2.17. The number of esters is 1. The second kappa shape index (κ2) is 6.39. The van der Waals surface area contributed by atoms with E-state index in [9.17, 15) is 14.4 Å². The Morgan fingerprint density at radius 1 is 0.960 bits per heavy atom. The summed E-state index contributed by atoms with van der Waals surface area (Å²) in [6, 6.07) is 8.59. The molecular formula is C19H18N2O4. The lowest BCUT2D eigenvalue weighted by atomic mass is 10.00. The highest BCUT2D eigenvalue weighted by molar-refractivity contribution is 6.01. The molecule has 0 saturated heterocycles. The molecule has 0 spiro atoms. The van der Waals surface area contributed by atoms with Crippen molar-refractivity contribution >= 4 is 22.8 Å². The number of aromatic amines is 2. The standard InChI is InChI=1S/C19H18N2O4/c1-10-6-11(2)17(12(3)7-10)18(23)25-9-16(22)13-4-5-14-15(8-13)21-19(24)20-14/h4-8H,9H2,1-3H3,(H2,20,21,24). The number of ether oxygens (including phenoxy) is 1. The molecule has 0 aliphatic carbocycles. The molecule has 0 aliphatic rings. The zero-order chi connectivity index (χ0) is 18.1. The summed E-state index contributed by atoms with van der Waals surface area (Å²) in [5.41, 5.74) is 4.38. The molecule has 128 valence electrons. The number of carbonyl (C=O) groups is 2. The second-order valence-electron chi connectivity index (χ2n) is 6.11. The van der Waals surface area contributed by atoms with Crippen molar-refractivity contribution in [3.63, 3.8) is 0 Å². The van der Waals surface area contributed by atoms with Crippen molar-refractivity contribution in [1.82, 2.24) is 9.97 Å². The fourth-order valence-corrected chi connectivity index (χ4v) is 2.99. The Bertz CT molecular complexity index is 1020. The Kier molecular flexibility index (Phi) is 4.27. The van der Waals surface area contributed by atoms with Crippen LogP contribution in [0, 0.1) is 20.8 Å². The molecule has 3 aromatic rings. The number of rotatable bonds is 4. The second-order valence-corrected chi connectivity index (χ2v) is 6.11. The quantitative estimate of drug-likeness (QED) is 0.565. The molecule has 3 rings (SSSR count). The van der Waals surface area contributed by atoms with Gasteiger partial charge in [0.25, 0.3) is 0 Å².